The summed E-state index contributed by atoms with van der Waals surface area (Å²) in [4.78, 5) is 22.6. The first-order valence-corrected chi connectivity index (χ1v) is 8.73. The molecule has 0 radical (unpaired) electrons. The molecule has 2 aromatic rings. The summed E-state index contributed by atoms with van der Waals surface area (Å²) in [6, 6.07) is 11.0. The van der Waals surface area contributed by atoms with E-state index in [0.717, 1.165) is 34.7 Å². The van der Waals surface area contributed by atoms with Crippen LogP contribution in [0.5, 0.6) is 11.5 Å². The molecule has 1 aliphatic rings. The standard InChI is InChI=1S/C20H23N3O4/c1-12-7-14-8-17(26-2)15(9-18(14)27-12)10-22-16-5-3-13(4-6-16)20(25)23-11-19(21)24/h3-6,8-9,12,22H,7,10-11H2,1-2H3,(H2,21,24)(H,23,25). The number of amides is 2. The SMILES string of the molecule is COc1cc2c(cc1CNc1ccc(C(=O)NCC(N)=O)cc1)OC(C)C2. The van der Waals surface area contributed by atoms with Crippen molar-refractivity contribution in [1.82, 2.24) is 5.32 Å². The Morgan fingerprint density at radius 2 is 2.00 bits per heavy atom. The van der Waals surface area contributed by atoms with Crippen molar-refractivity contribution in [2.75, 3.05) is 19.0 Å². The molecule has 1 unspecified atom stereocenters. The molecule has 1 heterocycles. The summed E-state index contributed by atoms with van der Waals surface area (Å²) in [5, 5.41) is 5.77. The van der Waals surface area contributed by atoms with Gasteiger partial charge in [0.25, 0.3) is 5.91 Å². The Morgan fingerprint density at radius 1 is 1.26 bits per heavy atom. The number of fused-ring (bicyclic) bond motifs is 1. The zero-order valence-electron chi connectivity index (χ0n) is 15.4. The van der Waals surface area contributed by atoms with E-state index in [1.54, 1.807) is 31.4 Å². The van der Waals surface area contributed by atoms with Crippen molar-refractivity contribution in [2.45, 2.75) is 26.0 Å². The third-order valence-corrected chi connectivity index (χ3v) is 4.35. The molecule has 0 bridgehead atoms. The second kappa shape index (κ2) is 7.99. The van der Waals surface area contributed by atoms with Gasteiger partial charge >= 0.3 is 0 Å². The first kappa shape index (κ1) is 18.6. The molecular formula is C20H23N3O4. The Balaban J connectivity index is 1.64. The van der Waals surface area contributed by atoms with Gasteiger partial charge in [-0.05, 0) is 43.3 Å². The molecule has 4 N–H and O–H groups in total. The molecule has 3 rings (SSSR count). The van der Waals surface area contributed by atoms with Crippen molar-refractivity contribution in [3.63, 3.8) is 0 Å². The minimum Gasteiger partial charge on any atom is -0.496 e. The zero-order chi connectivity index (χ0) is 19.4. The van der Waals surface area contributed by atoms with Crippen LogP contribution in [0.25, 0.3) is 0 Å². The van der Waals surface area contributed by atoms with Crippen LogP contribution in [0.2, 0.25) is 0 Å². The number of ether oxygens (including phenoxy) is 2. The molecule has 2 aromatic carbocycles. The zero-order valence-corrected chi connectivity index (χ0v) is 15.4. The van der Waals surface area contributed by atoms with Crippen molar-refractivity contribution in [1.29, 1.82) is 0 Å². The van der Waals surface area contributed by atoms with Gasteiger partial charge in [-0.15, -0.1) is 0 Å². The van der Waals surface area contributed by atoms with Crippen LogP contribution < -0.4 is 25.8 Å². The minimum absolute atomic E-state index is 0.182. The lowest BCUT2D eigenvalue weighted by Gasteiger charge is -2.13. The molecule has 0 aromatic heterocycles. The summed E-state index contributed by atoms with van der Waals surface area (Å²) in [6.07, 6.45) is 1.07. The Bertz CT molecular complexity index is 849. The summed E-state index contributed by atoms with van der Waals surface area (Å²) in [5.41, 5.74) is 8.49. The molecule has 0 fully saturated rings. The third-order valence-electron chi connectivity index (χ3n) is 4.35. The van der Waals surface area contributed by atoms with Crippen LogP contribution in [0, 0.1) is 0 Å². The van der Waals surface area contributed by atoms with Crippen molar-refractivity contribution < 1.29 is 19.1 Å². The van der Waals surface area contributed by atoms with Gasteiger partial charge in [0, 0.05) is 35.3 Å². The second-order valence-electron chi connectivity index (χ2n) is 6.48. The third kappa shape index (κ3) is 4.49. The highest BCUT2D eigenvalue weighted by molar-refractivity contribution is 5.96. The van der Waals surface area contributed by atoms with Crippen LogP contribution in [-0.4, -0.2) is 31.6 Å². The van der Waals surface area contributed by atoms with Gasteiger partial charge in [-0.25, -0.2) is 0 Å². The number of benzene rings is 2. The number of carbonyl (C=O) groups excluding carboxylic acids is 2. The summed E-state index contributed by atoms with van der Waals surface area (Å²) < 4.78 is 11.3. The van der Waals surface area contributed by atoms with E-state index in [4.69, 9.17) is 15.2 Å². The number of anilines is 1. The van der Waals surface area contributed by atoms with Crippen LogP contribution in [0.1, 0.15) is 28.4 Å². The average molecular weight is 369 g/mol. The van der Waals surface area contributed by atoms with E-state index in [1.165, 1.54) is 0 Å². The molecule has 0 saturated carbocycles. The lowest BCUT2D eigenvalue weighted by molar-refractivity contribution is -0.117. The number of hydrogen-bond acceptors (Lipinski definition) is 5. The minimum atomic E-state index is -0.580. The lowest BCUT2D eigenvalue weighted by atomic mass is 10.1. The quantitative estimate of drug-likeness (QED) is 0.691. The molecule has 1 aliphatic heterocycles. The van der Waals surface area contributed by atoms with Gasteiger partial charge in [-0.1, -0.05) is 0 Å². The smallest absolute Gasteiger partial charge is 0.251 e. The van der Waals surface area contributed by atoms with Gasteiger partial charge in [0.2, 0.25) is 5.91 Å². The summed E-state index contributed by atoms with van der Waals surface area (Å²) in [6.45, 7) is 2.42. The number of rotatable bonds is 7. The van der Waals surface area contributed by atoms with Gasteiger partial charge in [0.05, 0.1) is 13.7 Å². The first-order valence-electron chi connectivity index (χ1n) is 8.73. The molecule has 142 valence electrons. The number of primary amides is 1. The maximum atomic E-state index is 11.9. The molecule has 1 atom stereocenters. The monoisotopic (exact) mass is 369 g/mol. The fraction of sp³-hybridized carbons (Fsp3) is 0.300. The van der Waals surface area contributed by atoms with Gasteiger partial charge in [-0.2, -0.15) is 0 Å². The van der Waals surface area contributed by atoms with Crippen molar-refractivity contribution in [2.24, 2.45) is 5.73 Å². The highest BCUT2D eigenvalue weighted by Gasteiger charge is 2.21. The molecule has 0 spiro atoms. The van der Waals surface area contributed by atoms with E-state index in [0.29, 0.717) is 12.1 Å². The van der Waals surface area contributed by atoms with E-state index < -0.39 is 5.91 Å². The maximum absolute atomic E-state index is 11.9. The molecule has 2 amide bonds. The fourth-order valence-electron chi connectivity index (χ4n) is 3.02. The number of carbonyl (C=O) groups is 2. The lowest BCUT2D eigenvalue weighted by Crippen LogP contribution is -2.33. The predicted molar refractivity (Wildman–Crippen MR) is 102 cm³/mol. The van der Waals surface area contributed by atoms with Crippen molar-refractivity contribution in [3.8, 4) is 11.5 Å². The van der Waals surface area contributed by atoms with Gasteiger partial charge in [0.15, 0.2) is 0 Å². The Morgan fingerprint density at radius 3 is 2.67 bits per heavy atom. The largest absolute Gasteiger partial charge is 0.496 e. The molecular weight excluding hydrogens is 346 g/mol. The molecule has 0 aliphatic carbocycles. The van der Waals surface area contributed by atoms with Crippen LogP contribution in [0.3, 0.4) is 0 Å². The number of hydrogen-bond donors (Lipinski definition) is 3. The van der Waals surface area contributed by atoms with Crippen molar-refractivity contribution >= 4 is 17.5 Å². The molecule has 7 nitrogen and oxygen atoms in total. The van der Waals surface area contributed by atoms with Crippen LogP contribution in [0.15, 0.2) is 36.4 Å². The Kier molecular flexibility index (Phi) is 5.49. The first-order chi connectivity index (χ1) is 13.0. The van der Waals surface area contributed by atoms with Crippen LogP contribution in [0.4, 0.5) is 5.69 Å². The second-order valence-corrected chi connectivity index (χ2v) is 6.48. The van der Waals surface area contributed by atoms with Gasteiger partial charge < -0.3 is 25.8 Å². The van der Waals surface area contributed by atoms with Gasteiger partial charge in [0.1, 0.15) is 17.6 Å². The summed E-state index contributed by atoms with van der Waals surface area (Å²) in [7, 11) is 1.66. The Labute approximate surface area is 157 Å². The van der Waals surface area contributed by atoms with Crippen LogP contribution >= 0.6 is 0 Å². The molecule has 0 saturated heterocycles. The van der Waals surface area contributed by atoms with Crippen LogP contribution in [-0.2, 0) is 17.8 Å². The van der Waals surface area contributed by atoms with E-state index >= 15 is 0 Å². The highest BCUT2D eigenvalue weighted by atomic mass is 16.5. The van der Waals surface area contributed by atoms with Crippen molar-refractivity contribution in [3.05, 3.63) is 53.1 Å². The predicted octanol–water partition coefficient (Wildman–Crippen LogP) is 1.85. The van der Waals surface area contributed by atoms with E-state index in [1.807, 2.05) is 19.1 Å². The number of nitrogens with two attached hydrogens (primary N) is 1. The average Bonchev–Trinajstić information content (AvgIpc) is 3.02. The van der Waals surface area contributed by atoms with E-state index in [9.17, 15) is 9.59 Å². The summed E-state index contributed by atoms with van der Waals surface area (Å²) >= 11 is 0. The summed E-state index contributed by atoms with van der Waals surface area (Å²) in [5.74, 6) is 0.804. The highest BCUT2D eigenvalue weighted by Crippen LogP contribution is 2.35. The number of methoxy groups -OCH3 is 1. The van der Waals surface area contributed by atoms with Gasteiger partial charge in [-0.3, -0.25) is 9.59 Å². The topological polar surface area (TPSA) is 103 Å². The van der Waals surface area contributed by atoms with E-state index in [2.05, 4.69) is 10.6 Å². The Hall–Kier alpha value is -3.22. The molecule has 7 heteroatoms. The fourth-order valence-corrected chi connectivity index (χ4v) is 3.02. The van der Waals surface area contributed by atoms with E-state index in [-0.39, 0.29) is 18.6 Å². The maximum Gasteiger partial charge on any atom is 0.251 e. The number of nitrogens with one attached hydrogen (secondary N) is 2. The normalized spacial score (nSPS) is 14.8. The molecule has 27 heavy (non-hydrogen) atoms.